The molecule has 0 aliphatic carbocycles. The summed E-state index contributed by atoms with van der Waals surface area (Å²) in [5.41, 5.74) is 1.58. The number of halogens is 1. The number of hydrogen-bond acceptors (Lipinski definition) is 4. The summed E-state index contributed by atoms with van der Waals surface area (Å²) in [6.07, 6.45) is 0.152. The van der Waals surface area contributed by atoms with Gasteiger partial charge in [-0.25, -0.2) is 0 Å². The summed E-state index contributed by atoms with van der Waals surface area (Å²) in [6, 6.07) is 10.5. The van der Waals surface area contributed by atoms with Crippen LogP contribution in [0.5, 0.6) is 11.5 Å². The van der Waals surface area contributed by atoms with E-state index < -0.39 is 5.41 Å². The van der Waals surface area contributed by atoms with Crippen molar-refractivity contribution in [2.24, 2.45) is 5.41 Å². The van der Waals surface area contributed by atoms with Crippen molar-refractivity contribution in [1.29, 1.82) is 0 Å². The monoisotopic (exact) mass is 402 g/mol. The molecule has 1 aliphatic heterocycles. The minimum atomic E-state index is -0.474. The highest BCUT2D eigenvalue weighted by molar-refractivity contribution is 6.32. The van der Waals surface area contributed by atoms with Gasteiger partial charge in [-0.05, 0) is 42.0 Å². The molecule has 0 saturated carbocycles. The van der Waals surface area contributed by atoms with Crippen LogP contribution in [0.15, 0.2) is 36.4 Å². The van der Waals surface area contributed by atoms with E-state index in [4.69, 9.17) is 21.1 Å². The summed E-state index contributed by atoms with van der Waals surface area (Å²) in [5, 5.41) is 6.11. The second kappa shape index (κ2) is 8.10. The molecule has 0 bridgehead atoms. The Labute approximate surface area is 169 Å². The van der Waals surface area contributed by atoms with Gasteiger partial charge in [-0.3, -0.25) is 9.59 Å². The topological polar surface area (TPSA) is 76.7 Å². The molecule has 0 unspecified atom stereocenters. The number of rotatable bonds is 4. The van der Waals surface area contributed by atoms with Crippen molar-refractivity contribution in [3.8, 4) is 11.5 Å². The van der Waals surface area contributed by atoms with Gasteiger partial charge in [0.05, 0.1) is 11.4 Å². The number of amides is 2. The molecule has 148 valence electrons. The summed E-state index contributed by atoms with van der Waals surface area (Å²) < 4.78 is 11.0. The van der Waals surface area contributed by atoms with Gasteiger partial charge < -0.3 is 20.1 Å². The van der Waals surface area contributed by atoms with Gasteiger partial charge in [0.15, 0.2) is 11.5 Å². The number of hydrogen-bond donors (Lipinski definition) is 2. The van der Waals surface area contributed by atoms with Crippen molar-refractivity contribution in [2.75, 3.05) is 23.8 Å². The lowest BCUT2D eigenvalue weighted by molar-refractivity contribution is -0.123. The minimum absolute atomic E-state index is 0.0697. The summed E-state index contributed by atoms with van der Waals surface area (Å²) in [7, 11) is 0. The molecule has 6 nitrogen and oxygen atoms in total. The second-order valence-corrected chi connectivity index (χ2v) is 8.02. The molecule has 0 fully saturated rings. The van der Waals surface area contributed by atoms with E-state index in [9.17, 15) is 9.59 Å². The molecule has 0 radical (unpaired) electrons. The maximum atomic E-state index is 12.4. The molecule has 2 aromatic carbocycles. The van der Waals surface area contributed by atoms with Gasteiger partial charge in [0.1, 0.15) is 13.2 Å². The third kappa shape index (κ3) is 4.95. The van der Waals surface area contributed by atoms with Crippen LogP contribution in [-0.4, -0.2) is 25.0 Å². The largest absolute Gasteiger partial charge is 0.486 e. The van der Waals surface area contributed by atoms with Crippen LogP contribution in [0.25, 0.3) is 0 Å². The van der Waals surface area contributed by atoms with E-state index in [1.54, 1.807) is 36.4 Å². The molecule has 1 heterocycles. The minimum Gasteiger partial charge on any atom is -0.486 e. The van der Waals surface area contributed by atoms with Gasteiger partial charge in [-0.2, -0.15) is 0 Å². The van der Waals surface area contributed by atoms with Crippen LogP contribution >= 0.6 is 11.6 Å². The molecule has 0 atom stereocenters. The van der Waals surface area contributed by atoms with Gasteiger partial charge in [0.25, 0.3) is 0 Å². The third-order valence-corrected chi connectivity index (χ3v) is 4.41. The fraction of sp³-hybridized carbons (Fsp3) is 0.333. The molecule has 28 heavy (non-hydrogen) atoms. The quantitative estimate of drug-likeness (QED) is 0.800. The van der Waals surface area contributed by atoms with E-state index in [1.165, 1.54) is 0 Å². The van der Waals surface area contributed by atoms with Crippen molar-refractivity contribution >= 4 is 34.8 Å². The standard InChI is InChI=1S/C21H23ClN2O4/c1-21(2,3)20(26)24-15-6-4-14(5-7-15)23-18(25)12-13-10-16(22)19-17(11-13)27-8-9-28-19/h4-7,10-11H,8-9,12H2,1-3H3,(H,23,25)(H,24,26). The van der Waals surface area contributed by atoms with Crippen LogP contribution in [0.2, 0.25) is 5.02 Å². The lowest BCUT2D eigenvalue weighted by atomic mass is 9.95. The summed E-state index contributed by atoms with van der Waals surface area (Å²) in [5.74, 6) is 0.824. The van der Waals surface area contributed by atoms with Gasteiger partial charge in [-0.1, -0.05) is 32.4 Å². The van der Waals surface area contributed by atoms with Crippen molar-refractivity contribution in [3.05, 3.63) is 47.0 Å². The Hall–Kier alpha value is -2.73. The zero-order chi connectivity index (χ0) is 20.3. The van der Waals surface area contributed by atoms with Gasteiger partial charge in [0, 0.05) is 16.8 Å². The summed E-state index contributed by atoms with van der Waals surface area (Å²) in [6.45, 7) is 6.46. The summed E-state index contributed by atoms with van der Waals surface area (Å²) in [4.78, 5) is 24.4. The first-order valence-electron chi connectivity index (χ1n) is 9.02. The zero-order valence-corrected chi connectivity index (χ0v) is 16.9. The number of carbonyl (C=O) groups excluding carboxylic acids is 2. The number of ether oxygens (including phenoxy) is 2. The molecular formula is C21H23ClN2O4. The number of benzene rings is 2. The number of carbonyl (C=O) groups is 2. The maximum Gasteiger partial charge on any atom is 0.229 e. The summed E-state index contributed by atoms with van der Waals surface area (Å²) >= 11 is 6.21. The molecule has 0 saturated heterocycles. The average molecular weight is 403 g/mol. The number of anilines is 2. The van der Waals surface area contributed by atoms with Crippen LogP contribution in [0.1, 0.15) is 26.3 Å². The highest BCUT2D eigenvalue weighted by Crippen LogP contribution is 2.38. The van der Waals surface area contributed by atoms with E-state index in [0.29, 0.717) is 41.1 Å². The predicted molar refractivity (Wildman–Crippen MR) is 109 cm³/mol. The van der Waals surface area contributed by atoms with Crippen molar-refractivity contribution in [3.63, 3.8) is 0 Å². The van der Waals surface area contributed by atoms with Crippen molar-refractivity contribution in [1.82, 2.24) is 0 Å². The van der Waals surface area contributed by atoms with Gasteiger partial charge in [0.2, 0.25) is 11.8 Å². The Balaban J connectivity index is 1.61. The lowest BCUT2D eigenvalue weighted by Gasteiger charge is -2.20. The first kappa shape index (κ1) is 20.0. The third-order valence-electron chi connectivity index (χ3n) is 4.13. The average Bonchev–Trinajstić information content (AvgIpc) is 2.62. The molecule has 0 spiro atoms. The van der Waals surface area contributed by atoms with Gasteiger partial charge in [-0.15, -0.1) is 0 Å². The van der Waals surface area contributed by atoms with Crippen LogP contribution in [0.3, 0.4) is 0 Å². The van der Waals surface area contributed by atoms with Crippen LogP contribution < -0.4 is 20.1 Å². The maximum absolute atomic E-state index is 12.4. The van der Waals surface area contributed by atoms with E-state index in [1.807, 2.05) is 20.8 Å². The Kier molecular flexibility index (Phi) is 5.79. The highest BCUT2D eigenvalue weighted by atomic mass is 35.5. The number of fused-ring (bicyclic) bond motifs is 1. The molecule has 1 aliphatic rings. The molecule has 2 amide bonds. The molecular weight excluding hydrogens is 380 g/mol. The smallest absolute Gasteiger partial charge is 0.229 e. The van der Waals surface area contributed by atoms with Crippen molar-refractivity contribution in [2.45, 2.75) is 27.2 Å². The Morgan fingerprint density at radius 2 is 1.61 bits per heavy atom. The zero-order valence-electron chi connectivity index (χ0n) is 16.1. The van der Waals surface area contributed by atoms with Gasteiger partial charge >= 0.3 is 0 Å². The van der Waals surface area contributed by atoms with E-state index in [-0.39, 0.29) is 18.2 Å². The normalized spacial score (nSPS) is 13.0. The Morgan fingerprint density at radius 3 is 2.25 bits per heavy atom. The van der Waals surface area contributed by atoms with E-state index in [2.05, 4.69) is 10.6 Å². The fourth-order valence-electron chi connectivity index (χ4n) is 2.61. The highest BCUT2D eigenvalue weighted by Gasteiger charge is 2.21. The van der Waals surface area contributed by atoms with E-state index >= 15 is 0 Å². The van der Waals surface area contributed by atoms with Crippen LogP contribution in [-0.2, 0) is 16.0 Å². The fourth-order valence-corrected chi connectivity index (χ4v) is 2.90. The van der Waals surface area contributed by atoms with E-state index in [0.717, 1.165) is 5.56 Å². The van der Waals surface area contributed by atoms with Crippen LogP contribution in [0, 0.1) is 5.41 Å². The second-order valence-electron chi connectivity index (χ2n) is 7.61. The van der Waals surface area contributed by atoms with Crippen molar-refractivity contribution < 1.29 is 19.1 Å². The SMILES string of the molecule is CC(C)(C)C(=O)Nc1ccc(NC(=O)Cc2cc(Cl)c3c(c2)OCCO3)cc1. The molecule has 0 aromatic heterocycles. The molecule has 2 aromatic rings. The molecule has 3 rings (SSSR count). The van der Waals surface area contributed by atoms with Crippen LogP contribution in [0.4, 0.5) is 11.4 Å². The Bertz CT molecular complexity index is 889. The predicted octanol–water partition coefficient (Wildman–Crippen LogP) is 4.28. The first-order chi connectivity index (χ1) is 13.2. The molecule has 7 heteroatoms. The molecule has 2 N–H and O–H groups in total. The first-order valence-corrected chi connectivity index (χ1v) is 9.39. The lowest BCUT2D eigenvalue weighted by Crippen LogP contribution is -2.27. The number of nitrogens with one attached hydrogen (secondary N) is 2. The Morgan fingerprint density at radius 1 is 1.00 bits per heavy atom.